The van der Waals surface area contributed by atoms with Crippen LogP contribution in [0.3, 0.4) is 0 Å². The van der Waals surface area contributed by atoms with Gasteiger partial charge in [-0.15, -0.1) is 11.3 Å². The number of thiazole rings is 1. The first kappa shape index (κ1) is 29.0. The van der Waals surface area contributed by atoms with Crippen LogP contribution in [0.1, 0.15) is 44.5 Å². The first-order valence-corrected chi connectivity index (χ1v) is 19.4. The van der Waals surface area contributed by atoms with E-state index in [0.29, 0.717) is 0 Å². The van der Waals surface area contributed by atoms with E-state index in [9.17, 15) is 0 Å². The molecule has 3 heteroatoms. The lowest BCUT2D eigenvalue weighted by Gasteiger charge is -2.48. The van der Waals surface area contributed by atoms with Crippen molar-refractivity contribution < 1.29 is 4.42 Å². The topological polar surface area (TPSA) is 26.0 Å². The smallest absolute Gasteiger partial charge is 0.135 e. The summed E-state index contributed by atoms with van der Waals surface area (Å²) in [6.07, 6.45) is 0. The Bertz CT molecular complexity index is 3120. The van der Waals surface area contributed by atoms with E-state index in [1.807, 2.05) is 0 Å². The molecule has 0 amide bonds. The highest BCUT2D eigenvalue weighted by Gasteiger charge is 2.59. The predicted octanol–water partition coefficient (Wildman–Crippen LogP) is 12.9. The maximum Gasteiger partial charge on any atom is 0.135 e. The average molecular weight is 704 g/mol. The van der Waals surface area contributed by atoms with Crippen molar-refractivity contribution in [2.24, 2.45) is 0 Å². The first-order valence-electron chi connectivity index (χ1n) is 18.6. The summed E-state index contributed by atoms with van der Waals surface area (Å²) in [5.74, 6) is 0. The van der Waals surface area contributed by atoms with Gasteiger partial charge in [0.15, 0.2) is 0 Å². The minimum absolute atomic E-state index is 0.483. The molecular formula is C51H29NOS. The van der Waals surface area contributed by atoms with Gasteiger partial charge in [0.1, 0.15) is 16.2 Å². The second-order valence-electron chi connectivity index (χ2n) is 14.9. The molecule has 0 saturated carbocycles. The molecular weight excluding hydrogens is 675 g/mol. The fraction of sp³-hybridized carbons (Fsp3) is 0.0392. The molecule has 2 spiro atoms. The Morgan fingerprint density at radius 3 is 1.61 bits per heavy atom. The average Bonchev–Trinajstić information content (AvgIpc) is 3.97. The Kier molecular flexibility index (Phi) is 5.42. The zero-order chi connectivity index (χ0) is 35.2. The maximum absolute atomic E-state index is 6.69. The zero-order valence-electron chi connectivity index (χ0n) is 29.0. The van der Waals surface area contributed by atoms with Crippen LogP contribution in [0.5, 0.6) is 0 Å². The van der Waals surface area contributed by atoms with E-state index in [2.05, 4.69) is 176 Å². The molecule has 2 heterocycles. The summed E-state index contributed by atoms with van der Waals surface area (Å²) in [6, 6.07) is 65.4. The number of aromatic nitrogens is 1. The van der Waals surface area contributed by atoms with Crippen LogP contribution in [-0.2, 0) is 10.8 Å². The minimum atomic E-state index is -0.616. The number of benzene rings is 8. The number of fused-ring (bicyclic) bond motifs is 20. The molecule has 2 aromatic heterocycles. The van der Waals surface area contributed by atoms with Crippen molar-refractivity contribution in [1.29, 1.82) is 0 Å². The van der Waals surface area contributed by atoms with Gasteiger partial charge in [0, 0.05) is 16.3 Å². The first-order chi connectivity index (χ1) is 26.8. The van der Waals surface area contributed by atoms with Gasteiger partial charge in [0.05, 0.1) is 21.0 Å². The van der Waals surface area contributed by atoms with Crippen LogP contribution in [0.15, 0.2) is 180 Å². The number of hydrogen-bond acceptors (Lipinski definition) is 3. The van der Waals surface area contributed by atoms with Gasteiger partial charge in [-0.2, -0.15) is 0 Å². The lowest BCUT2D eigenvalue weighted by molar-refractivity contribution is 0.630. The monoisotopic (exact) mass is 703 g/mol. The van der Waals surface area contributed by atoms with Crippen molar-refractivity contribution in [3.8, 4) is 32.8 Å². The van der Waals surface area contributed by atoms with E-state index >= 15 is 0 Å². The summed E-state index contributed by atoms with van der Waals surface area (Å²) >= 11 is 1.76. The quantitative estimate of drug-likeness (QED) is 0.170. The van der Waals surface area contributed by atoms with Crippen molar-refractivity contribution in [1.82, 2.24) is 4.98 Å². The van der Waals surface area contributed by atoms with Gasteiger partial charge < -0.3 is 4.42 Å². The fourth-order valence-electron chi connectivity index (χ4n) is 10.6. The molecule has 8 aromatic carbocycles. The Morgan fingerprint density at radius 2 is 0.926 bits per heavy atom. The highest BCUT2D eigenvalue weighted by molar-refractivity contribution is 7.21. The van der Waals surface area contributed by atoms with E-state index in [1.165, 1.54) is 71.5 Å². The standard InChI is InChI=1S/C51H29NOS/c1-4-16-37-31(13-1)32-14-2-5-17-38(32)50(37)39-18-6-8-20-41(39)51(42-21-9-7-19-40(42)50)43-27-30(49-52-45-22-10-12-24-48(45)54-49)25-26-33(43)35-28-36-34-15-3-11-23-46(34)53-47(36)29-44(35)51/h1-29H. The fourth-order valence-corrected chi connectivity index (χ4v) is 11.6. The summed E-state index contributed by atoms with van der Waals surface area (Å²) in [5, 5.41) is 3.33. The number of rotatable bonds is 1. The molecule has 3 aliphatic carbocycles. The molecule has 10 aromatic rings. The molecule has 0 radical (unpaired) electrons. The molecule has 0 N–H and O–H groups in total. The largest absolute Gasteiger partial charge is 0.456 e. The maximum atomic E-state index is 6.69. The number of nitrogens with zero attached hydrogens (tertiary/aromatic N) is 1. The summed E-state index contributed by atoms with van der Waals surface area (Å²) in [4.78, 5) is 5.16. The van der Waals surface area contributed by atoms with Gasteiger partial charge >= 0.3 is 0 Å². The van der Waals surface area contributed by atoms with Crippen LogP contribution in [0, 0.1) is 0 Å². The summed E-state index contributed by atoms with van der Waals surface area (Å²) < 4.78 is 7.89. The predicted molar refractivity (Wildman–Crippen MR) is 220 cm³/mol. The Balaban J connectivity index is 1.21. The summed E-state index contributed by atoms with van der Waals surface area (Å²) in [5.41, 5.74) is 18.6. The van der Waals surface area contributed by atoms with Crippen molar-refractivity contribution >= 4 is 43.5 Å². The Hall–Kier alpha value is -6.55. The lowest BCUT2D eigenvalue weighted by Crippen LogP contribution is -2.43. The minimum Gasteiger partial charge on any atom is -0.456 e. The molecule has 0 atom stereocenters. The molecule has 0 saturated heterocycles. The molecule has 13 rings (SSSR count). The van der Waals surface area contributed by atoms with Crippen LogP contribution in [-0.4, -0.2) is 4.98 Å². The van der Waals surface area contributed by atoms with E-state index in [-0.39, 0.29) is 0 Å². The van der Waals surface area contributed by atoms with Gasteiger partial charge in [-0.05, 0) is 103 Å². The third kappa shape index (κ3) is 3.32. The number of hydrogen-bond donors (Lipinski definition) is 0. The van der Waals surface area contributed by atoms with Gasteiger partial charge in [0.2, 0.25) is 0 Å². The van der Waals surface area contributed by atoms with Crippen LogP contribution in [0.2, 0.25) is 0 Å². The van der Waals surface area contributed by atoms with E-state index < -0.39 is 10.8 Å². The van der Waals surface area contributed by atoms with E-state index in [0.717, 1.165) is 38.0 Å². The van der Waals surface area contributed by atoms with Gasteiger partial charge in [0.25, 0.3) is 0 Å². The SMILES string of the molecule is c1ccc2c(c1)-c1ccccc1C21c2ccccc2C2(c3cc(-c4nc5ccccc5s4)ccc3-c3cc4c(cc32)oc2ccccc24)c2ccccc21. The van der Waals surface area contributed by atoms with Crippen LogP contribution >= 0.6 is 11.3 Å². The normalized spacial score (nSPS) is 15.0. The molecule has 3 aliphatic rings. The van der Waals surface area contributed by atoms with Crippen molar-refractivity contribution in [3.63, 3.8) is 0 Å². The zero-order valence-corrected chi connectivity index (χ0v) is 29.8. The summed E-state index contributed by atoms with van der Waals surface area (Å²) in [6.45, 7) is 0. The van der Waals surface area contributed by atoms with Crippen LogP contribution in [0.4, 0.5) is 0 Å². The molecule has 0 bridgehead atoms. The summed E-state index contributed by atoms with van der Waals surface area (Å²) in [7, 11) is 0. The highest BCUT2D eigenvalue weighted by atomic mass is 32.1. The van der Waals surface area contributed by atoms with Gasteiger partial charge in [-0.25, -0.2) is 4.98 Å². The van der Waals surface area contributed by atoms with E-state index in [1.54, 1.807) is 11.3 Å². The number of furan rings is 1. The second-order valence-corrected chi connectivity index (χ2v) is 16.0. The molecule has 54 heavy (non-hydrogen) atoms. The molecule has 0 fully saturated rings. The Labute approximate surface area is 315 Å². The van der Waals surface area contributed by atoms with Crippen molar-refractivity contribution in [3.05, 3.63) is 220 Å². The highest BCUT2D eigenvalue weighted by Crippen LogP contribution is 2.68. The molecule has 0 aliphatic heterocycles. The second kappa shape index (κ2) is 10.1. The molecule has 250 valence electrons. The molecule has 2 nitrogen and oxygen atoms in total. The van der Waals surface area contributed by atoms with Gasteiger partial charge in [-0.1, -0.05) is 140 Å². The van der Waals surface area contributed by atoms with Crippen LogP contribution < -0.4 is 0 Å². The van der Waals surface area contributed by atoms with Crippen molar-refractivity contribution in [2.75, 3.05) is 0 Å². The van der Waals surface area contributed by atoms with Crippen LogP contribution in [0.25, 0.3) is 65.0 Å². The molecule has 0 unspecified atom stereocenters. The lowest BCUT2D eigenvalue weighted by atomic mass is 9.52. The van der Waals surface area contributed by atoms with Gasteiger partial charge in [-0.3, -0.25) is 0 Å². The third-order valence-corrected chi connectivity index (χ3v) is 13.7. The third-order valence-electron chi connectivity index (χ3n) is 12.6. The van der Waals surface area contributed by atoms with E-state index in [4.69, 9.17) is 9.40 Å². The van der Waals surface area contributed by atoms with Crippen molar-refractivity contribution in [2.45, 2.75) is 10.8 Å². The number of para-hydroxylation sites is 2. The Morgan fingerprint density at radius 1 is 0.389 bits per heavy atom.